The van der Waals surface area contributed by atoms with Gasteiger partial charge in [0, 0.05) is 0 Å². The Morgan fingerprint density at radius 2 is 1.88 bits per heavy atom. The Morgan fingerprint density at radius 3 is 2.64 bits per heavy atom. The summed E-state index contributed by atoms with van der Waals surface area (Å²) < 4.78 is 4.82. The standard InChI is InChI=1S/C22H25NO2/c1-23-13-5-8-20-19-7-4-3-6-17(19)11-12-18-10-9-16(14-21(18)20)15-22(24)25-2/h3-4,6-10,14,23H,5,11-13,15H2,1-2H3. The number of hydrogen-bond acceptors (Lipinski definition) is 3. The summed E-state index contributed by atoms with van der Waals surface area (Å²) in [5, 5.41) is 3.21. The zero-order chi connectivity index (χ0) is 17.6. The maximum Gasteiger partial charge on any atom is 0.309 e. The largest absolute Gasteiger partial charge is 0.469 e. The molecule has 0 aromatic heterocycles. The molecular weight excluding hydrogens is 310 g/mol. The van der Waals surface area contributed by atoms with Crippen molar-refractivity contribution in [3.63, 3.8) is 0 Å². The summed E-state index contributed by atoms with van der Waals surface area (Å²) in [6.07, 6.45) is 5.68. The third-order valence-corrected chi connectivity index (χ3v) is 4.75. The molecule has 2 aromatic carbocycles. The minimum atomic E-state index is -0.199. The van der Waals surface area contributed by atoms with Crippen LogP contribution in [-0.2, 0) is 28.8 Å². The number of nitrogens with one attached hydrogen (secondary N) is 1. The molecule has 3 rings (SSSR count). The van der Waals surface area contributed by atoms with Gasteiger partial charge in [0.05, 0.1) is 13.5 Å². The van der Waals surface area contributed by atoms with E-state index in [0.29, 0.717) is 6.42 Å². The minimum absolute atomic E-state index is 0.199. The lowest BCUT2D eigenvalue weighted by atomic mass is 9.91. The third-order valence-electron chi connectivity index (χ3n) is 4.75. The predicted octanol–water partition coefficient (Wildman–Crippen LogP) is 3.54. The smallest absolute Gasteiger partial charge is 0.309 e. The first-order valence-electron chi connectivity index (χ1n) is 8.85. The molecular formula is C22H25NO2. The fraction of sp³-hybridized carbons (Fsp3) is 0.318. The number of benzene rings is 2. The van der Waals surface area contributed by atoms with Crippen molar-refractivity contribution in [1.82, 2.24) is 5.32 Å². The van der Waals surface area contributed by atoms with Crippen LogP contribution in [0.4, 0.5) is 0 Å². The molecule has 25 heavy (non-hydrogen) atoms. The van der Waals surface area contributed by atoms with Crippen molar-refractivity contribution in [3.8, 4) is 0 Å². The number of carbonyl (C=O) groups excluding carboxylic acids is 1. The van der Waals surface area contributed by atoms with Gasteiger partial charge in [-0.05, 0) is 66.2 Å². The van der Waals surface area contributed by atoms with Crippen molar-refractivity contribution in [2.75, 3.05) is 20.7 Å². The second-order valence-corrected chi connectivity index (χ2v) is 6.41. The van der Waals surface area contributed by atoms with E-state index in [9.17, 15) is 4.79 Å². The quantitative estimate of drug-likeness (QED) is 0.671. The second-order valence-electron chi connectivity index (χ2n) is 6.41. The van der Waals surface area contributed by atoms with Crippen molar-refractivity contribution in [3.05, 3.63) is 76.4 Å². The topological polar surface area (TPSA) is 38.3 Å². The number of aryl methyl sites for hydroxylation is 2. The maximum atomic E-state index is 11.7. The highest BCUT2D eigenvalue weighted by Gasteiger charge is 2.18. The van der Waals surface area contributed by atoms with Crippen molar-refractivity contribution >= 4 is 11.5 Å². The zero-order valence-electron chi connectivity index (χ0n) is 15.0. The average Bonchev–Trinajstić information content (AvgIpc) is 2.79. The van der Waals surface area contributed by atoms with Crippen molar-refractivity contribution < 1.29 is 9.53 Å². The first-order chi connectivity index (χ1) is 12.2. The van der Waals surface area contributed by atoms with Gasteiger partial charge in [0.15, 0.2) is 0 Å². The van der Waals surface area contributed by atoms with Gasteiger partial charge >= 0.3 is 5.97 Å². The first-order valence-corrected chi connectivity index (χ1v) is 8.85. The number of fused-ring (bicyclic) bond motifs is 2. The van der Waals surface area contributed by atoms with Crippen LogP contribution in [0.1, 0.15) is 34.2 Å². The molecule has 0 radical (unpaired) electrons. The molecule has 0 aliphatic heterocycles. The zero-order valence-corrected chi connectivity index (χ0v) is 15.0. The van der Waals surface area contributed by atoms with Crippen LogP contribution in [0.25, 0.3) is 5.57 Å². The van der Waals surface area contributed by atoms with E-state index in [1.807, 2.05) is 7.05 Å². The van der Waals surface area contributed by atoms with Crippen LogP contribution in [0, 0.1) is 0 Å². The van der Waals surface area contributed by atoms with Gasteiger partial charge < -0.3 is 10.1 Å². The fourth-order valence-corrected chi connectivity index (χ4v) is 3.44. The van der Waals surface area contributed by atoms with Crippen LogP contribution >= 0.6 is 0 Å². The summed E-state index contributed by atoms with van der Waals surface area (Å²) in [5.41, 5.74) is 7.59. The van der Waals surface area contributed by atoms with E-state index >= 15 is 0 Å². The molecule has 130 valence electrons. The number of carbonyl (C=O) groups is 1. The molecule has 0 saturated carbocycles. The summed E-state index contributed by atoms with van der Waals surface area (Å²) in [4.78, 5) is 11.7. The number of rotatable bonds is 5. The van der Waals surface area contributed by atoms with Crippen LogP contribution in [0.15, 0.2) is 48.5 Å². The van der Waals surface area contributed by atoms with E-state index in [2.05, 4.69) is 53.9 Å². The van der Waals surface area contributed by atoms with Gasteiger partial charge in [-0.1, -0.05) is 48.5 Å². The maximum absolute atomic E-state index is 11.7. The highest BCUT2D eigenvalue weighted by Crippen LogP contribution is 2.34. The van der Waals surface area contributed by atoms with Crippen molar-refractivity contribution in [2.45, 2.75) is 25.7 Å². The number of ether oxygens (including phenoxy) is 1. The van der Waals surface area contributed by atoms with Gasteiger partial charge in [-0.2, -0.15) is 0 Å². The van der Waals surface area contributed by atoms with E-state index in [-0.39, 0.29) is 5.97 Å². The molecule has 0 saturated heterocycles. The second kappa shape index (κ2) is 8.13. The molecule has 0 amide bonds. The lowest BCUT2D eigenvalue weighted by Crippen LogP contribution is -2.07. The van der Waals surface area contributed by atoms with E-state index in [1.165, 1.54) is 34.9 Å². The molecule has 3 nitrogen and oxygen atoms in total. The van der Waals surface area contributed by atoms with Gasteiger partial charge in [-0.3, -0.25) is 4.79 Å². The van der Waals surface area contributed by atoms with Crippen LogP contribution in [0.2, 0.25) is 0 Å². The molecule has 0 bridgehead atoms. The van der Waals surface area contributed by atoms with E-state index in [4.69, 9.17) is 4.74 Å². The molecule has 1 aliphatic carbocycles. The molecule has 2 aromatic rings. The average molecular weight is 335 g/mol. The molecule has 3 heteroatoms. The predicted molar refractivity (Wildman–Crippen MR) is 102 cm³/mol. The normalized spacial score (nSPS) is 14.6. The Balaban J connectivity index is 2.07. The summed E-state index contributed by atoms with van der Waals surface area (Å²) in [6, 6.07) is 15.0. The van der Waals surface area contributed by atoms with Gasteiger partial charge in [0.1, 0.15) is 0 Å². The first kappa shape index (κ1) is 17.4. The Hall–Kier alpha value is -2.39. The Bertz CT molecular complexity index is 792. The van der Waals surface area contributed by atoms with Gasteiger partial charge in [-0.15, -0.1) is 0 Å². The molecule has 0 unspecified atom stereocenters. The monoisotopic (exact) mass is 335 g/mol. The SMILES string of the molecule is CNCCC=C1c2ccccc2CCc2ccc(CC(=O)OC)cc21. The third kappa shape index (κ3) is 3.99. The lowest BCUT2D eigenvalue weighted by molar-refractivity contribution is -0.139. The summed E-state index contributed by atoms with van der Waals surface area (Å²) >= 11 is 0. The highest BCUT2D eigenvalue weighted by molar-refractivity contribution is 5.84. The minimum Gasteiger partial charge on any atom is -0.469 e. The number of methoxy groups -OCH3 is 1. The van der Waals surface area contributed by atoms with E-state index < -0.39 is 0 Å². The number of esters is 1. The number of hydrogen-bond donors (Lipinski definition) is 1. The van der Waals surface area contributed by atoms with Gasteiger partial charge in [-0.25, -0.2) is 0 Å². The molecule has 1 aliphatic rings. The Kier molecular flexibility index (Phi) is 5.67. The highest BCUT2D eigenvalue weighted by atomic mass is 16.5. The van der Waals surface area contributed by atoms with E-state index in [0.717, 1.165) is 31.4 Å². The Labute approximate surface area is 149 Å². The van der Waals surface area contributed by atoms with E-state index in [1.54, 1.807) is 0 Å². The molecule has 0 fully saturated rings. The van der Waals surface area contributed by atoms with Gasteiger partial charge in [0.2, 0.25) is 0 Å². The van der Waals surface area contributed by atoms with Crippen molar-refractivity contribution in [2.24, 2.45) is 0 Å². The van der Waals surface area contributed by atoms with Crippen LogP contribution in [0.3, 0.4) is 0 Å². The fourth-order valence-electron chi connectivity index (χ4n) is 3.44. The molecule has 1 N–H and O–H groups in total. The lowest BCUT2D eigenvalue weighted by Gasteiger charge is -2.14. The van der Waals surface area contributed by atoms with Crippen LogP contribution in [0.5, 0.6) is 0 Å². The Morgan fingerprint density at radius 1 is 1.12 bits per heavy atom. The molecule has 0 spiro atoms. The van der Waals surface area contributed by atoms with Crippen LogP contribution in [-0.4, -0.2) is 26.7 Å². The molecule has 0 atom stereocenters. The summed E-state index contributed by atoms with van der Waals surface area (Å²) in [7, 11) is 3.41. The summed E-state index contributed by atoms with van der Waals surface area (Å²) in [5.74, 6) is -0.199. The van der Waals surface area contributed by atoms with Gasteiger partial charge in [0.25, 0.3) is 0 Å². The molecule has 0 heterocycles. The summed E-state index contributed by atoms with van der Waals surface area (Å²) in [6.45, 7) is 0.947. The van der Waals surface area contributed by atoms with Crippen molar-refractivity contribution in [1.29, 1.82) is 0 Å². The van der Waals surface area contributed by atoms with Crippen LogP contribution < -0.4 is 5.32 Å².